The average molecular weight is 193 g/mol. The summed E-state index contributed by atoms with van der Waals surface area (Å²) >= 11 is 1.50. The third-order valence-corrected chi connectivity index (χ3v) is 2.81. The molecule has 0 aliphatic heterocycles. The zero-order valence-corrected chi connectivity index (χ0v) is 7.54. The van der Waals surface area contributed by atoms with Gasteiger partial charge in [-0.2, -0.15) is 0 Å². The highest BCUT2D eigenvalue weighted by atomic mass is 32.1. The molecule has 0 fully saturated rings. The summed E-state index contributed by atoms with van der Waals surface area (Å²) in [6, 6.07) is 3.77. The Balaban J connectivity index is 2.44. The molecule has 0 radical (unpaired) electrons. The fourth-order valence-electron chi connectivity index (χ4n) is 1.18. The maximum Gasteiger partial charge on any atom is 0.308 e. The van der Waals surface area contributed by atoms with Crippen LogP contribution in [0.2, 0.25) is 0 Å². The Bertz CT molecular complexity index is 417. The SMILES string of the molecule is O=C(O)Cc1cc2cnccc2s1. The van der Waals surface area contributed by atoms with E-state index in [-0.39, 0.29) is 6.42 Å². The molecule has 4 heteroatoms. The first kappa shape index (κ1) is 8.19. The molecule has 66 valence electrons. The van der Waals surface area contributed by atoms with Gasteiger partial charge in [0.1, 0.15) is 0 Å². The number of aliphatic carboxylic acids is 1. The highest BCUT2D eigenvalue weighted by Crippen LogP contribution is 2.24. The maximum atomic E-state index is 10.4. The number of carboxylic acid groups (broad SMARTS) is 1. The molecule has 0 unspecified atom stereocenters. The fourth-order valence-corrected chi connectivity index (χ4v) is 2.20. The molecule has 0 bridgehead atoms. The van der Waals surface area contributed by atoms with Crippen LogP contribution in [0.4, 0.5) is 0 Å². The minimum Gasteiger partial charge on any atom is -0.481 e. The van der Waals surface area contributed by atoms with Crippen LogP contribution >= 0.6 is 11.3 Å². The van der Waals surface area contributed by atoms with Gasteiger partial charge >= 0.3 is 5.97 Å². The predicted octanol–water partition coefficient (Wildman–Crippen LogP) is 1.92. The van der Waals surface area contributed by atoms with Crippen molar-refractivity contribution in [2.45, 2.75) is 6.42 Å². The molecule has 3 nitrogen and oxygen atoms in total. The maximum absolute atomic E-state index is 10.4. The molecule has 0 aliphatic carbocycles. The van der Waals surface area contributed by atoms with Crippen LogP contribution in [0.5, 0.6) is 0 Å². The molecule has 0 saturated carbocycles. The lowest BCUT2D eigenvalue weighted by molar-refractivity contribution is -0.136. The third kappa shape index (κ3) is 1.67. The molecule has 0 saturated heterocycles. The summed E-state index contributed by atoms with van der Waals surface area (Å²) in [4.78, 5) is 15.3. The summed E-state index contributed by atoms with van der Waals surface area (Å²) in [5.41, 5.74) is 0. The summed E-state index contributed by atoms with van der Waals surface area (Å²) in [5, 5.41) is 9.60. The van der Waals surface area contributed by atoms with Gasteiger partial charge in [0.15, 0.2) is 0 Å². The van der Waals surface area contributed by atoms with Crippen LogP contribution in [0.25, 0.3) is 10.1 Å². The van der Waals surface area contributed by atoms with Crippen LogP contribution in [-0.2, 0) is 11.2 Å². The number of fused-ring (bicyclic) bond motifs is 1. The van der Waals surface area contributed by atoms with E-state index in [0.29, 0.717) is 0 Å². The van der Waals surface area contributed by atoms with E-state index in [4.69, 9.17) is 5.11 Å². The van der Waals surface area contributed by atoms with Crippen LogP contribution in [-0.4, -0.2) is 16.1 Å². The van der Waals surface area contributed by atoms with Crippen molar-refractivity contribution in [3.8, 4) is 0 Å². The number of hydrogen-bond acceptors (Lipinski definition) is 3. The molecule has 1 N–H and O–H groups in total. The van der Waals surface area contributed by atoms with Gasteiger partial charge < -0.3 is 5.11 Å². The lowest BCUT2D eigenvalue weighted by Gasteiger charge is -1.85. The lowest BCUT2D eigenvalue weighted by atomic mass is 10.3. The van der Waals surface area contributed by atoms with E-state index in [9.17, 15) is 4.79 Å². The third-order valence-electron chi connectivity index (χ3n) is 1.69. The minimum absolute atomic E-state index is 0.0966. The van der Waals surface area contributed by atoms with Crippen LogP contribution in [0.15, 0.2) is 24.5 Å². The number of hydrogen-bond donors (Lipinski definition) is 1. The van der Waals surface area contributed by atoms with Crippen LogP contribution in [0.3, 0.4) is 0 Å². The Morgan fingerprint density at radius 2 is 2.46 bits per heavy atom. The molecule has 0 aliphatic rings. The van der Waals surface area contributed by atoms with Gasteiger partial charge in [0.05, 0.1) is 6.42 Å². The number of pyridine rings is 1. The van der Waals surface area contributed by atoms with Gasteiger partial charge in [-0.15, -0.1) is 11.3 Å². The zero-order valence-electron chi connectivity index (χ0n) is 6.73. The van der Waals surface area contributed by atoms with Crippen LogP contribution in [0.1, 0.15) is 4.88 Å². The highest BCUT2D eigenvalue weighted by molar-refractivity contribution is 7.19. The van der Waals surface area contributed by atoms with E-state index < -0.39 is 5.97 Å². The number of rotatable bonds is 2. The number of carbonyl (C=O) groups is 1. The largest absolute Gasteiger partial charge is 0.481 e. The molecule has 2 heterocycles. The first-order valence-corrected chi connectivity index (χ1v) is 4.61. The first-order chi connectivity index (χ1) is 6.25. The van der Waals surface area contributed by atoms with E-state index in [2.05, 4.69) is 4.98 Å². The Hall–Kier alpha value is -1.42. The topological polar surface area (TPSA) is 50.2 Å². The van der Waals surface area contributed by atoms with E-state index in [1.165, 1.54) is 11.3 Å². The van der Waals surface area contributed by atoms with Gasteiger partial charge in [-0.3, -0.25) is 9.78 Å². The molecule has 13 heavy (non-hydrogen) atoms. The van der Waals surface area contributed by atoms with Gasteiger partial charge in [0.25, 0.3) is 0 Å². The van der Waals surface area contributed by atoms with Crippen molar-refractivity contribution in [2.24, 2.45) is 0 Å². The van der Waals surface area contributed by atoms with Crippen LogP contribution in [0, 0.1) is 0 Å². The van der Waals surface area contributed by atoms with Gasteiger partial charge in [-0.25, -0.2) is 0 Å². The van der Waals surface area contributed by atoms with Crippen molar-refractivity contribution in [1.29, 1.82) is 0 Å². The van der Waals surface area contributed by atoms with E-state index in [1.54, 1.807) is 12.4 Å². The number of thiophene rings is 1. The highest BCUT2D eigenvalue weighted by Gasteiger charge is 2.04. The first-order valence-electron chi connectivity index (χ1n) is 3.80. The average Bonchev–Trinajstić information content (AvgIpc) is 2.44. The van der Waals surface area contributed by atoms with Gasteiger partial charge in [-0.1, -0.05) is 0 Å². The van der Waals surface area contributed by atoms with Crippen molar-refractivity contribution in [3.63, 3.8) is 0 Å². The second-order valence-electron chi connectivity index (χ2n) is 2.70. The van der Waals surface area contributed by atoms with Crippen molar-refractivity contribution < 1.29 is 9.90 Å². The number of nitrogens with zero attached hydrogens (tertiary/aromatic N) is 1. The Morgan fingerprint density at radius 3 is 3.15 bits per heavy atom. The summed E-state index contributed by atoms with van der Waals surface area (Å²) in [6.07, 6.45) is 3.56. The van der Waals surface area contributed by atoms with Crippen molar-refractivity contribution in [2.75, 3.05) is 0 Å². The standard InChI is InChI=1S/C9H7NO2S/c11-9(12)4-7-3-6-5-10-2-1-8(6)13-7/h1-3,5H,4H2,(H,11,12). The molecule has 0 spiro atoms. The lowest BCUT2D eigenvalue weighted by Crippen LogP contribution is -1.96. The molecule has 2 aromatic heterocycles. The molecule has 2 aromatic rings. The molecule has 2 rings (SSSR count). The second kappa shape index (κ2) is 3.14. The predicted molar refractivity (Wildman–Crippen MR) is 51.0 cm³/mol. The fraction of sp³-hybridized carbons (Fsp3) is 0.111. The number of aromatic nitrogens is 1. The minimum atomic E-state index is -0.792. The second-order valence-corrected chi connectivity index (χ2v) is 3.87. The molecule has 0 aromatic carbocycles. The summed E-state index contributed by atoms with van der Waals surface area (Å²) in [5.74, 6) is -0.792. The van der Waals surface area contributed by atoms with E-state index in [0.717, 1.165) is 15.0 Å². The molecular weight excluding hydrogens is 186 g/mol. The molecular formula is C9H7NO2S. The van der Waals surface area contributed by atoms with Gasteiger partial charge in [0, 0.05) is 27.4 Å². The van der Waals surface area contributed by atoms with E-state index >= 15 is 0 Å². The molecule has 0 atom stereocenters. The molecule has 0 amide bonds. The van der Waals surface area contributed by atoms with E-state index in [1.807, 2.05) is 12.1 Å². The normalized spacial score (nSPS) is 10.5. The quantitative estimate of drug-likeness (QED) is 0.792. The summed E-state index contributed by atoms with van der Waals surface area (Å²) < 4.78 is 1.09. The van der Waals surface area contributed by atoms with Crippen molar-refractivity contribution >= 4 is 27.4 Å². The van der Waals surface area contributed by atoms with Crippen LogP contribution < -0.4 is 0 Å². The number of carboxylic acids is 1. The smallest absolute Gasteiger partial charge is 0.308 e. The van der Waals surface area contributed by atoms with Crippen molar-refractivity contribution in [1.82, 2.24) is 4.98 Å². The Kier molecular flexibility index (Phi) is 1.98. The van der Waals surface area contributed by atoms with Gasteiger partial charge in [0.2, 0.25) is 0 Å². The monoisotopic (exact) mass is 193 g/mol. The summed E-state index contributed by atoms with van der Waals surface area (Å²) in [6.45, 7) is 0. The van der Waals surface area contributed by atoms with Crippen molar-refractivity contribution in [3.05, 3.63) is 29.4 Å². The Labute approximate surface area is 78.7 Å². The van der Waals surface area contributed by atoms with Gasteiger partial charge in [-0.05, 0) is 12.1 Å². The summed E-state index contributed by atoms with van der Waals surface area (Å²) in [7, 11) is 0. The Morgan fingerprint density at radius 1 is 1.62 bits per heavy atom. The zero-order chi connectivity index (χ0) is 9.26.